The Labute approximate surface area is 170 Å². The lowest BCUT2D eigenvalue weighted by molar-refractivity contribution is 0.369. The standard InChI is InChI=1S/C20H18N4O4S/c1-3-27-29-28-17-10-15(14-4-6-16(25)7-5-14)11-21-19(17)23-9-8-18-22-13(2)12-24(18)20(23)26/h4-12,25H,3H2,1-2H3. The van der Waals surface area contributed by atoms with Crippen LogP contribution < -0.4 is 9.87 Å². The minimum Gasteiger partial charge on any atom is -0.508 e. The summed E-state index contributed by atoms with van der Waals surface area (Å²) in [7, 11) is 0. The van der Waals surface area contributed by atoms with Crippen LogP contribution in [0.3, 0.4) is 0 Å². The SMILES string of the molecule is CCOSOc1cc(-c2ccc(O)cc2)cnc1-n1ccc2nc(C)cn2c1=O. The van der Waals surface area contributed by atoms with Crippen molar-refractivity contribution in [3.05, 3.63) is 71.2 Å². The number of fused-ring (bicyclic) bond motifs is 1. The first-order valence-corrected chi connectivity index (χ1v) is 9.57. The Kier molecular flexibility index (Phi) is 5.24. The molecule has 0 spiro atoms. The molecular formula is C20H18N4O4S. The van der Waals surface area contributed by atoms with E-state index in [-0.39, 0.29) is 11.4 Å². The quantitative estimate of drug-likeness (QED) is 0.384. The lowest BCUT2D eigenvalue weighted by Crippen LogP contribution is -2.25. The van der Waals surface area contributed by atoms with Crippen LogP contribution in [-0.2, 0) is 4.18 Å². The molecule has 0 unspecified atom stereocenters. The first-order valence-electron chi connectivity index (χ1n) is 8.90. The van der Waals surface area contributed by atoms with Gasteiger partial charge in [-0.15, -0.1) is 0 Å². The minimum absolute atomic E-state index is 0.178. The van der Waals surface area contributed by atoms with Gasteiger partial charge in [0.2, 0.25) is 12.3 Å². The van der Waals surface area contributed by atoms with E-state index in [9.17, 15) is 9.90 Å². The topological polar surface area (TPSA) is 90.9 Å². The highest BCUT2D eigenvalue weighted by atomic mass is 32.2. The second kappa shape index (κ2) is 7.98. The molecule has 0 saturated heterocycles. The molecule has 0 fully saturated rings. The average molecular weight is 410 g/mol. The van der Waals surface area contributed by atoms with Gasteiger partial charge in [-0.1, -0.05) is 12.1 Å². The second-order valence-corrected chi connectivity index (χ2v) is 6.77. The van der Waals surface area contributed by atoms with Crippen LogP contribution in [0.1, 0.15) is 12.6 Å². The molecule has 3 heterocycles. The Morgan fingerprint density at radius 1 is 1.17 bits per heavy atom. The highest BCUT2D eigenvalue weighted by Crippen LogP contribution is 2.30. The molecule has 1 N–H and O–H groups in total. The van der Waals surface area contributed by atoms with Crippen LogP contribution in [0.15, 0.2) is 59.8 Å². The highest BCUT2D eigenvalue weighted by molar-refractivity contribution is 7.90. The average Bonchev–Trinajstić information content (AvgIpc) is 3.11. The highest BCUT2D eigenvalue weighted by Gasteiger charge is 2.15. The van der Waals surface area contributed by atoms with Crippen molar-refractivity contribution in [2.75, 3.05) is 6.61 Å². The number of benzene rings is 1. The fraction of sp³-hybridized carbons (Fsp3) is 0.150. The Morgan fingerprint density at radius 2 is 1.97 bits per heavy atom. The van der Waals surface area contributed by atoms with Crippen LogP contribution in [-0.4, -0.2) is 30.6 Å². The third-order valence-corrected chi connectivity index (χ3v) is 4.77. The molecule has 0 aliphatic heterocycles. The number of aromatic nitrogens is 4. The molecule has 148 valence electrons. The summed E-state index contributed by atoms with van der Waals surface area (Å²) in [6.45, 7) is 4.14. The summed E-state index contributed by atoms with van der Waals surface area (Å²) in [4.78, 5) is 21.7. The first kappa shape index (κ1) is 19.0. The maximum absolute atomic E-state index is 12.9. The minimum atomic E-state index is -0.306. The van der Waals surface area contributed by atoms with E-state index in [1.807, 2.05) is 13.8 Å². The van der Waals surface area contributed by atoms with Crippen molar-refractivity contribution in [1.82, 2.24) is 18.9 Å². The number of hydrogen-bond donors (Lipinski definition) is 1. The number of hydrogen-bond acceptors (Lipinski definition) is 7. The number of imidazole rings is 1. The smallest absolute Gasteiger partial charge is 0.339 e. The van der Waals surface area contributed by atoms with Gasteiger partial charge in [-0.05, 0) is 43.7 Å². The van der Waals surface area contributed by atoms with Gasteiger partial charge >= 0.3 is 5.69 Å². The summed E-state index contributed by atoms with van der Waals surface area (Å²) >= 11 is 0.821. The third-order valence-electron chi connectivity index (χ3n) is 4.19. The lowest BCUT2D eigenvalue weighted by atomic mass is 10.1. The number of nitrogens with zero attached hydrogens (tertiary/aromatic N) is 4. The number of phenolic OH excluding ortho intramolecular Hbond substituents is 1. The summed E-state index contributed by atoms with van der Waals surface area (Å²) < 4.78 is 13.8. The molecule has 0 saturated carbocycles. The molecule has 1 aromatic carbocycles. The van der Waals surface area contributed by atoms with E-state index in [0.717, 1.165) is 29.1 Å². The van der Waals surface area contributed by atoms with Gasteiger partial charge in [-0.2, -0.15) is 0 Å². The van der Waals surface area contributed by atoms with Crippen molar-refractivity contribution in [1.29, 1.82) is 0 Å². The van der Waals surface area contributed by atoms with Gasteiger partial charge in [0.25, 0.3) is 0 Å². The molecule has 3 aromatic heterocycles. The zero-order chi connectivity index (χ0) is 20.4. The molecular weight excluding hydrogens is 392 g/mol. The van der Waals surface area contributed by atoms with Crippen LogP contribution in [0.4, 0.5) is 0 Å². The van der Waals surface area contributed by atoms with Crippen molar-refractivity contribution < 1.29 is 13.5 Å². The summed E-state index contributed by atoms with van der Waals surface area (Å²) in [5.41, 5.74) is 2.63. The molecule has 4 aromatic rings. The van der Waals surface area contributed by atoms with Crippen LogP contribution in [0.25, 0.3) is 22.6 Å². The molecule has 4 rings (SSSR count). The Hall–Kier alpha value is -3.30. The molecule has 0 aliphatic rings. The lowest BCUT2D eigenvalue weighted by Gasteiger charge is -2.12. The van der Waals surface area contributed by atoms with Crippen LogP contribution in [0, 0.1) is 6.92 Å². The largest absolute Gasteiger partial charge is 0.508 e. The molecule has 9 heteroatoms. The maximum Gasteiger partial charge on any atom is 0.339 e. The Morgan fingerprint density at radius 3 is 2.72 bits per heavy atom. The molecule has 29 heavy (non-hydrogen) atoms. The van der Waals surface area contributed by atoms with Crippen molar-refractivity contribution in [3.63, 3.8) is 0 Å². The number of rotatable bonds is 6. The van der Waals surface area contributed by atoms with Gasteiger partial charge in [0, 0.05) is 24.2 Å². The Bertz CT molecular complexity index is 1220. The monoisotopic (exact) mass is 410 g/mol. The second-order valence-electron chi connectivity index (χ2n) is 6.23. The number of phenols is 1. The molecule has 0 amide bonds. The van der Waals surface area contributed by atoms with Crippen molar-refractivity contribution in [2.24, 2.45) is 0 Å². The van der Waals surface area contributed by atoms with Crippen molar-refractivity contribution >= 4 is 18.0 Å². The van der Waals surface area contributed by atoms with Crippen molar-refractivity contribution in [2.45, 2.75) is 13.8 Å². The van der Waals surface area contributed by atoms with E-state index in [1.165, 1.54) is 8.97 Å². The Balaban J connectivity index is 1.82. The molecule has 0 radical (unpaired) electrons. The molecule has 0 bridgehead atoms. The predicted molar refractivity (Wildman–Crippen MR) is 110 cm³/mol. The summed E-state index contributed by atoms with van der Waals surface area (Å²) in [6, 6.07) is 10.3. The zero-order valence-electron chi connectivity index (χ0n) is 15.8. The normalized spacial score (nSPS) is 11.1. The van der Waals surface area contributed by atoms with E-state index < -0.39 is 0 Å². The predicted octanol–water partition coefficient (Wildman–Crippen LogP) is 3.54. The van der Waals surface area contributed by atoms with E-state index in [1.54, 1.807) is 55.0 Å². The van der Waals surface area contributed by atoms with Gasteiger partial charge in [-0.3, -0.25) is 8.58 Å². The van der Waals surface area contributed by atoms with Crippen molar-refractivity contribution in [3.8, 4) is 28.4 Å². The van der Waals surface area contributed by atoms with Crippen LogP contribution in [0.5, 0.6) is 11.5 Å². The summed E-state index contributed by atoms with van der Waals surface area (Å²) in [5, 5.41) is 9.51. The van der Waals surface area contributed by atoms with Gasteiger partial charge in [0.15, 0.2) is 11.6 Å². The van der Waals surface area contributed by atoms with E-state index in [0.29, 0.717) is 23.8 Å². The van der Waals surface area contributed by atoms with E-state index >= 15 is 0 Å². The van der Waals surface area contributed by atoms with Crippen LogP contribution >= 0.6 is 12.3 Å². The molecule has 0 atom stereocenters. The van der Waals surface area contributed by atoms with E-state index in [4.69, 9.17) is 8.37 Å². The first-order chi connectivity index (χ1) is 14.1. The van der Waals surface area contributed by atoms with Gasteiger partial charge in [-0.25, -0.2) is 19.3 Å². The number of aromatic hydroxyl groups is 1. The van der Waals surface area contributed by atoms with Crippen LogP contribution in [0.2, 0.25) is 0 Å². The summed E-state index contributed by atoms with van der Waals surface area (Å²) in [5.74, 6) is 0.877. The fourth-order valence-corrected chi connectivity index (χ4v) is 3.21. The maximum atomic E-state index is 12.9. The van der Waals surface area contributed by atoms with E-state index in [2.05, 4.69) is 9.97 Å². The molecule has 0 aliphatic carbocycles. The third kappa shape index (κ3) is 3.82. The zero-order valence-corrected chi connectivity index (χ0v) is 16.6. The summed E-state index contributed by atoms with van der Waals surface area (Å²) in [6.07, 6.45) is 4.94. The fourth-order valence-electron chi connectivity index (χ4n) is 2.87. The van der Waals surface area contributed by atoms with Gasteiger partial charge in [0.05, 0.1) is 12.3 Å². The number of aryl methyl sites for hydroxylation is 1. The number of pyridine rings is 1. The van der Waals surface area contributed by atoms with Gasteiger partial charge in [0.1, 0.15) is 11.4 Å². The van der Waals surface area contributed by atoms with Gasteiger partial charge < -0.3 is 9.29 Å². The molecule has 8 nitrogen and oxygen atoms in total.